The van der Waals surface area contributed by atoms with Crippen LogP contribution in [0.15, 0.2) is 60.0 Å². The first-order valence-electron chi connectivity index (χ1n) is 9.87. The van der Waals surface area contributed by atoms with Crippen LogP contribution >= 0.6 is 0 Å². The fourth-order valence-electron chi connectivity index (χ4n) is 3.20. The summed E-state index contributed by atoms with van der Waals surface area (Å²) in [4.78, 5) is 2.05. The van der Waals surface area contributed by atoms with Crippen LogP contribution in [0, 0.1) is 0 Å². The van der Waals surface area contributed by atoms with E-state index < -0.39 is 16.1 Å². The maximum absolute atomic E-state index is 12.5. The Labute approximate surface area is 178 Å². The minimum absolute atomic E-state index is 0.171. The van der Waals surface area contributed by atoms with Crippen molar-refractivity contribution in [1.82, 2.24) is 9.21 Å². The van der Waals surface area contributed by atoms with E-state index in [0.29, 0.717) is 38.5 Å². The molecule has 2 aromatic rings. The van der Waals surface area contributed by atoms with Gasteiger partial charge in [0.2, 0.25) is 10.0 Å². The zero-order chi connectivity index (χ0) is 21.4. The molecule has 1 aliphatic rings. The Balaban J connectivity index is 1.42. The van der Waals surface area contributed by atoms with Crippen LogP contribution in [0.4, 0.5) is 0 Å². The minimum atomic E-state index is -3.46. The molecule has 1 saturated heterocycles. The number of methoxy groups -OCH3 is 1. The van der Waals surface area contributed by atoms with E-state index in [2.05, 4.69) is 4.90 Å². The van der Waals surface area contributed by atoms with Gasteiger partial charge in [0.05, 0.1) is 7.11 Å². The first-order valence-corrected chi connectivity index (χ1v) is 11.4. The zero-order valence-corrected chi connectivity index (χ0v) is 17.9. The van der Waals surface area contributed by atoms with Crippen molar-refractivity contribution in [2.75, 3.05) is 46.4 Å². The molecule has 0 bridgehead atoms. The number of piperazine rings is 1. The van der Waals surface area contributed by atoms with Crippen molar-refractivity contribution in [2.24, 2.45) is 0 Å². The van der Waals surface area contributed by atoms with Gasteiger partial charge in [-0.15, -0.1) is 0 Å². The number of benzene rings is 2. The van der Waals surface area contributed by atoms with Crippen LogP contribution in [0.1, 0.15) is 5.56 Å². The highest BCUT2D eigenvalue weighted by atomic mass is 32.2. The first-order chi connectivity index (χ1) is 14.5. The molecule has 0 saturated carbocycles. The Hall–Kier alpha value is -2.39. The van der Waals surface area contributed by atoms with Crippen LogP contribution in [0.25, 0.3) is 6.08 Å². The van der Waals surface area contributed by atoms with Crippen molar-refractivity contribution in [1.29, 1.82) is 0 Å². The molecule has 2 aromatic carbocycles. The summed E-state index contributed by atoms with van der Waals surface area (Å²) in [6.07, 6.45) is 0.954. The van der Waals surface area contributed by atoms with E-state index in [1.54, 1.807) is 37.5 Å². The molecule has 0 aliphatic carbocycles. The molecule has 0 amide bonds. The van der Waals surface area contributed by atoms with Crippen LogP contribution in [-0.2, 0) is 10.0 Å². The highest BCUT2D eigenvalue weighted by Crippen LogP contribution is 2.17. The number of β-amino-alcohol motifs (C(OH)–C–C–N with tert-alkyl or cyclic N) is 1. The second-order valence-electron chi connectivity index (χ2n) is 7.10. The molecule has 0 aromatic heterocycles. The number of aliphatic hydroxyl groups excluding tert-OH is 1. The fourth-order valence-corrected chi connectivity index (χ4v) is 4.37. The largest absolute Gasteiger partial charge is 0.497 e. The normalized spacial score (nSPS) is 17.1. The number of rotatable bonds is 9. The molecule has 162 valence electrons. The number of nitrogens with zero attached hydrogens (tertiary/aromatic N) is 2. The highest BCUT2D eigenvalue weighted by molar-refractivity contribution is 7.92. The third-order valence-corrected chi connectivity index (χ3v) is 6.46. The lowest BCUT2D eigenvalue weighted by Crippen LogP contribution is -2.50. The summed E-state index contributed by atoms with van der Waals surface area (Å²) >= 11 is 0. The van der Waals surface area contributed by atoms with E-state index in [1.165, 1.54) is 9.71 Å². The van der Waals surface area contributed by atoms with Gasteiger partial charge in [0.25, 0.3) is 0 Å². The van der Waals surface area contributed by atoms with Gasteiger partial charge in [0.1, 0.15) is 24.2 Å². The molecule has 0 radical (unpaired) electrons. The monoisotopic (exact) mass is 432 g/mol. The molecule has 1 aliphatic heterocycles. The second kappa shape index (κ2) is 10.6. The second-order valence-corrected chi connectivity index (χ2v) is 8.92. The van der Waals surface area contributed by atoms with E-state index in [-0.39, 0.29) is 6.61 Å². The van der Waals surface area contributed by atoms with Gasteiger partial charge in [-0.2, -0.15) is 4.31 Å². The Kier molecular flexibility index (Phi) is 7.87. The van der Waals surface area contributed by atoms with Crippen molar-refractivity contribution in [3.63, 3.8) is 0 Å². The van der Waals surface area contributed by atoms with E-state index in [1.807, 2.05) is 30.3 Å². The van der Waals surface area contributed by atoms with Gasteiger partial charge in [0.15, 0.2) is 0 Å². The molecule has 0 spiro atoms. The summed E-state index contributed by atoms with van der Waals surface area (Å²) < 4.78 is 37.3. The lowest BCUT2D eigenvalue weighted by molar-refractivity contribution is 0.0570. The summed E-state index contributed by atoms with van der Waals surface area (Å²) in [6.45, 7) is 2.53. The molecule has 1 heterocycles. The van der Waals surface area contributed by atoms with Crippen molar-refractivity contribution in [3.05, 3.63) is 65.6 Å². The standard InChI is InChI=1S/C22H28N2O5S/c1-28-21-7-9-22(10-8-21)29-18-20(25)17-23-12-14-24(15-13-23)30(26,27)16-11-19-5-3-2-4-6-19/h2-11,16,20,25H,12-15,17-18H2,1H3/b16-11+. The number of aliphatic hydroxyl groups is 1. The first kappa shape index (κ1) is 22.3. The SMILES string of the molecule is COc1ccc(OCC(O)CN2CCN(S(=O)(=O)/C=C/c3ccccc3)CC2)cc1. The van der Waals surface area contributed by atoms with Gasteiger partial charge in [0, 0.05) is 38.1 Å². The van der Waals surface area contributed by atoms with Crippen molar-refractivity contribution < 1.29 is 23.0 Å². The van der Waals surface area contributed by atoms with Crippen LogP contribution in [-0.4, -0.2) is 75.3 Å². The van der Waals surface area contributed by atoms with E-state index in [0.717, 1.165) is 11.3 Å². The maximum atomic E-state index is 12.5. The smallest absolute Gasteiger partial charge is 0.236 e. The predicted molar refractivity (Wildman–Crippen MR) is 117 cm³/mol. The number of hydrogen-bond donors (Lipinski definition) is 1. The number of ether oxygens (including phenoxy) is 2. The van der Waals surface area contributed by atoms with Crippen LogP contribution in [0.5, 0.6) is 11.5 Å². The zero-order valence-electron chi connectivity index (χ0n) is 17.1. The summed E-state index contributed by atoms with van der Waals surface area (Å²) in [7, 11) is -1.86. The molecule has 30 heavy (non-hydrogen) atoms. The van der Waals surface area contributed by atoms with Crippen molar-refractivity contribution in [3.8, 4) is 11.5 Å². The minimum Gasteiger partial charge on any atom is -0.497 e. The van der Waals surface area contributed by atoms with Gasteiger partial charge < -0.3 is 14.6 Å². The fraction of sp³-hybridized carbons (Fsp3) is 0.364. The van der Waals surface area contributed by atoms with Crippen molar-refractivity contribution in [2.45, 2.75) is 6.10 Å². The Morgan fingerprint density at radius 1 is 1.00 bits per heavy atom. The molecule has 1 N–H and O–H groups in total. The summed E-state index contributed by atoms with van der Waals surface area (Å²) in [5, 5.41) is 11.5. The van der Waals surface area contributed by atoms with E-state index in [9.17, 15) is 13.5 Å². The summed E-state index contributed by atoms with van der Waals surface area (Å²) in [5.41, 5.74) is 0.847. The molecular formula is C22H28N2O5S. The maximum Gasteiger partial charge on any atom is 0.236 e. The molecule has 1 fully saturated rings. The molecule has 1 atom stereocenters. The molecular weight excluding hydrogens is 404 g/mol. The summed E-state index contributed by atoms with van der Waals surface area (Å²) in [6, 6.07) is 16.5. The Morgan fingerprint density at radius 3 is 2.27 bits per heavy atom. The number of sulfonamides is 1. The molecule has 1 unspecified atom stereocenters. The average Bonchev–Trinajstić information content (AvgIpc) is 2.78. The lowest BCUT2D eigenvalue weighted by atomic mass is 10.2. The van der Waals surface area contributed by atoms with Crippen LogP contribution in [0.3, 0.4) is 0 Å². The quantitative estimate of drug-likeness (QED) is 0.653. The van der Waals surface area contributed by atoms with Crippen LogP contribution < -0.4 is 9.47 Å². The molecule has 7 nitrogen and oxygen atoms in total. The topological polar surface area (TPSA) is 79.3 Å². The molecule has 8 heteroatoms. The van der Waals surface area contributed by atoms with Gasteiger partial charge in [-0.05, 0) is 35.9 Å². The summed E-state index contributed by atoms with van der Waals surface area (Å²) in [5.74, 6) is 1.41. The van der Waals surface area contributed by atoms with E-state index >= 15 is 0 Å². The lowest BCUT2D eigenvalue weighted by Gasteiger charge is -2.34. The van der Waals surface area contributed by atoms with E-state index in [4.69, 9.17) is 9.47 Å². The van der Waals surface area contributed by atoms with Gasteiger partial charge in [-0.1, -0.05) is 30.3 Å². The number of hydrogen-bond acceptors (Lipinski definition) is 6. The van der Waals surface area contributed by atoms with Crippen molar-refractivity contribution >= 4 is 16.1 Å². The average molecular weight is 433 g/mol. The predicted octanol–water partition coefficient (Wildman–Crippen LogP) is 2.05. The highest BCUT2D eigenvalue weighted by Gasteiger charge is 2.26. The Bertz CT molecular complexity index is 908. The van der Waals surface area contributed by atoms with Gasteiger partial charge in [-0.3, -0.25) is 4.90 Å². The third kappa shape index (κ3) is 6.56. The van der Waals surface area contributed by atoms with Crippen LogP contribution in [0.2, 0.25) is 0 Å². The van der Waals surface area contributed by atoms with Gasteiger partial charge >= 0.3 is 0 Å². The van der Waals surface area contributed by atoms with Gasteiger partial charge in [-0.25, -0.2) is 8.42 Å². The molecule has 3 rings (SSSR count). The third-order valence-electron chi connectivity index (χ3n) is 4.89. The Morgan fingerprint density at radius 2 is 1.63 bits per heavy atom.